The summed E-state index contributed by atoms with van der Waals surface area (Å²) in [6, 6.07) is 8.00. The number of hydrogen-bond donors (Lipinski definition) is 5. The van der Waals surface area contributed by atoms with E-state index in [-0.39, 0.29) is 37.8 Å². The van der Waals surface area contributed by atoms with Gasteiger partial charge in [0.25, 0.3) is 0 Å². The average Bonchev–Trinajstić information content (AvgIpc) is 3.56. The van der Waals surface area contributed by atoms with Gasteiger partial charge in [-0.2, -0.15) is 0 Å². The molecule has 1 aromatic carbocycles. The van der Waals surface area contributed by atoms with E-state index >= 15 is 0 Å². The van der Waals surface area contributed by atoms with Crippen LogP contribution in [0.3, 0.4) is 0 Å². The second-order valence-electron chi connectivity index (χ2n) is 13.3. The predicted octanol–water partition coefficient (Wildman–Crippen LogP) is 3.80. The minimum Gasteiger partial charge on any atom is -0.395 e. The predicted molar refractivity (Wildman–Crippen MR) is 179 cm³/mol. The first-order valence-corrected chi connectivity index (χ1v) is 16.9. The first kappa shape index (κ1) is 37.0. The van der Waals surface area contributed by atoms with Crippen molar-refractivity contribution in [2.45, 2.75) is 96.2 Å². The van der Waals surface area contributed by atoms with Crippen LogP contribution in [0, 0.1) is 23.7 Å². The van der Waals surface area contributed by atoms with Gasteiger partial charge in [-0.15, -0.1) is 6.58 Å². The molecule has 2 aromatic rings. The summed E-state index contributed by atoms with van der Waals surface area (Å²) in [5.41, 5.74) is 1.50. The number of carbonyl (C=O) groups is 3. The lowest BCUT2D eigenvalue weighted by Gasteiger charge is -2.33. The number of imidazole rings is 1. The topological polar surface area (TPSA) is 148 Å². The monoisotopic (exact) mass is 637 g/mol. The van der Waals surface area contributed by atoms with Crippen LogP contribution >= 0.6 is 0 Å². The summed E-state index contributed by atoms with van der Waals surface area (Å²) >= 11 is 0. The quantitative estimate of drug-likeness (QED) is 0.148. The van der Waals surface area contributed by atoms with E-state index in [0.29, 0.717) is 36.8 Å². The number of likely N-dealkylation sites (N-methyl/N-ethyl adjacent to an activating group) is 1. The number of hydrogen-bond acceptors (Lipinski definition) is 6. The van der Waals surface area contributed by atoms with Gasteiger partial charge < -0.3 is 30.7 Å². The molecule has 0 spiro atoms. The molecule has 1 fully saturated rings. The minimum atomic E-state index is -0.972. The highest BCUT2D eigenvalue weighted by molar-refractivity contribution is 5.91. The molecule has 1 heterocycles. The third-order valence-corrected chi connectivity index (χ3v) is 9.36. The van der Waals surface area contributed by atoms with Crippen LogP contribution in [0.1, 0.15) is 76.5 Å². The van der Waals surface area contributed by atoms with Crippen LogP contribution in [0.2, 0.25) is 0 Å². The largest absolute Gasteiger partial charge is 0.395 e. The molecule has 5 atom stereocenters. The molecule has 3 amide bonds. The number of benzene rings is 1. The molecule has 10 nitrogen and oxygen atoms in total. The first-order chi connectivity index (χ1) is 22.1. The van der Waals surface area contributed by atoms with E-state index in [1.165, 1.54) is 17.6 Å². The maximum atomic E-state index is 14.0. The fraction of sp³-hybridized carbons (Fsp3) is 0.611. The van der Waals surface area contributed by atoms with Crippen LogP contribution in [0.4, 0.5) is 0 Å². The number of amides is 3. The van der Waals surface area contributed by atoms with Crippen molar-refractivity contribution in [2.24, 2.45) is 23.7 Å². The number of H-pyrrole nitrogens is 1. The van der Waals surface area contributed by atoms with E-state index in [0.717, 1.165) is 31.2 Å². The number of aliphatic hydroxyl groups excluding tert-OH is 2. The van der Waals surface area contributed by atoms with Gasteiger partial charge in [0, 0.05) is 32.6 Å². The molecule has 254 valence electrons. The van der Waals surface area contributed by atoms with Gasteiger partial charge in [0.05, 0.1) is 36.7 Å². The van der Waals surface area contributed by atoms with Gasteiger partial charge in [-0.25, -0.2) is 4.98 Å². The maximum absolute atomic E-state index is 14.0. The summed E-state index contributed by atoms with van der Waals surface area (Å²) in [5, 5.41) is 26.9. The van der Waals surface area contributed by atoms with Crippen LogP contribution in [0.25, 0.3) is 0 Å². The zero-order valence-electron chi connectivity index (χ0n) is 27.9. The second-order valence-corrected chi connectivity index (χ2v) is 13.3. The van der Waals surface area contributed by atoms with Crippen LogP contribution < -0.4 is 10.6 Å². The van der Waals surface area contributed by atoms with Crippen LogP contribution in [-0.2, 0) is 27.2 Å². The van der Waals surface area contributed by atoms with Crippen LogP contribution in [0.15, 0.2) is 55.5 Å². The molecular weight excluding hydrogens is 582 g/mol. The zero-order chi connectivity index (χ0) is 33.5. The molecule has 1 aliphatic carbocycles. The number of aliphatic hydroxyl groups is 2. The standard InChI is InChI=1S/C36H55N5O5/c1-5-28(25(2)3)20-33(43)31(19-27-14-10-7-11-15-27)39-36(46)32(22-30-23-37-24-38-30)40-35(45)29(18-26-12-8-6-9-13-26)21-34(44)41(4)16-17-42/h5-6,8-9,12-13,23-25,27-29,31-33,42-43H,1,7,10-11,14-22H2,2-4H3,(H,37,38)(H,39,46)(H,40,45)/t28-,29+,31-,32-,33-/m0/s1. The van der Waals surface area contributed by atoms with Gasteiger partial charge in [-0.05, 0) is 42.6 Å². The molecule has 0 aliphatic heterocycles. The molecule has 1 aromatic heterocycles. The number of rotatable bonds is 19. The Morgan fingerprint density at radius 3 is 2.41 bits per heavy atom. The molecule has 1 aliphatic rings. The molecule has 46 heavy (non-hydrogen) atoms. The molecule has 3 rings (SSSR count). The van der Waals surface area contributed by atoms with E-state index in [4.69, 9.17) is 0 Å². The smallest absolute Gasteiger partial charge is 0.243 e. The van der Waals surface area contributed by atoms with E-state index in [1.807, 2.05) is 36.4 Å². The number of aromatic amines is 1. The molecule has 5 N–H and O–H groups in total. The Balaban J connectivity index is 1.84. The average molecular weight is 638 g/mol. The van der Waals surface area contributed by atoms with Crippen molar-refractivity contribution in [2.75, 3.05) is 20.2 Å². The summed E-state index contributed by atoms with van der Waals surface area (Å²) in [6.45, 7) is 8.15. The summed E-state index contributed by atoms with van der Waals surface area (Å²) < 4.78 is 0. The highest BCUT2D eigenvalue weighted by Gasteiger charge is 2.33. The highest BCUT2D eigenvalue weighted by Crippen LogP contribution is 2.30. The fourth-order valence-electron chi connectivity index (χ4n) is 6.37. The lowest BCUT2D eigenvalue weighted by Crippen LogP contribution is -2.55. The Bertz CT molecular complexity index is 1200. The van der Waals surface area contributed by atoms with E-state index in [2.05, 4.69) is 41.0 Å². The van der Waals surface area contributed by atoms with Gasteiger partial charge in [-0.1, -0.05) is 82.4 Å². The maximum Gasteiger partial charge on any atom is 0.243 e. The van der Waals surface area contributed by atoms with Crippen molar-refractivity contribution in [3.63, 3.8) is 0 Å². The zero-order valence-corrected chi connectivity index (χ0v) is 27.9. The first-order valence-electron chi connectivity index (χ1n) is 16.9. The molecule has 0 bridgehead atoms. The summed E-state index contributed by atoms with van der Waals surface area (Å²) in [4.78, 5) is 49.6. The van der Waals surface area contributed by atoms with Crippen molar-refractivity contribution in [3.8, 4) is 0 Å². The molecule has 1 saturated carbocycles. The van der Waals surface area contributed by atoms with Crippen molar-refractivity contribution in [1.29, 1.82) is 0 Å². The molecule has 0 unspecified atom stereocenters. The van der Waals surface area contributed by atoms with Crippen LogP contribution in [0.5, 0.6) is 0 Å². The Labute approximate surface area is 274 Å². The summed E-state index contributed by atoms with van der Waals surface area (Å²) in [5.74, 6) is -1.01. The summed E-state index contributed by atoms with van der Waals surface area (Å²) in [7, 11) is 1.60. The van der Waals surface area contributed by atoms with E-state index in [9.17, 15) is 24.6 Å². The van der Waals surface area contributed by atoms with Gasteiger partial charge in [0.1, 0.15) is 6.04 Å². The van der Waals surface area contributed by atoms with Crippen molar-refractivity contribution >= 4 is 17.7 Å². The number of aromatic nitrogens is 2. The van der Waals surface area contributed by atoms with Gasteiger partial charge in [0.15, 0.2) is 0 Å². The minimum absolute atomic E-state index is 0.0743. The van der Waals surface area contributed by atoms with Crippen LogP contribution in [-0.4, -0.2) is 81.2 Å². The normalized spacial score (nSPS) is 17.0. The van der Waals surface area contributed by atoms with Gasteiger partial charge >= 0.3 is 0 Å². The van der Waals surface area contributed by atoms with E-state index in [1.54, 1.807) is 13.2 Å². The molecule has 0 saturated heterocycles. The Morgan fingerprint density at radius 2 is 1.80 bits per heavy atom. The number of allylic oxidation sites excluding steroid dienone is 1. The lowest BCUT2D eigenvalue weighted by molar-refractivity contribution is -0.137. The molecule has 0 radical (unpaired) electrons. The van der Waals surface area contributed by atoms with Gasteiger partial charge in [-0.3, -0.25) is 14.4 Å². The SMILES string of the molecule is C=C[C@@H](C[C@H](O)[C@H](CC1CCCCC1)NC(=O)[C@H](Cc1c[nH]cn1)NC(=O)[C@@H](CC(=O)N(C)CCO)Cc1ccccc1)C(C)C. The number of carbonyl (C=O) groups excluding carboxylic acids is 3. The second kappa shape index (κ2) is 19.2. The third-order valence-electron chi connectivity index (χ3n) is 9.36. The fourth-order valence-corrected chi connectivity index (χ4v) is 6.37. The molecule has 10 heteroatoms. The Kier molecular flexibility index (Phi) is 15.5. The molecular formula is C36H55N5O5. The van der Waals surface area contributed by atoms with Crippen molar-refractivity contribution < 1.29 is 24.6 Å². The Morgan fingerprint density at radius 1 is 1.09 bits per heavy atom. The Hall–Kier alpha value is -3.50. The number of nitrogens with zero attached hydrogens (tertiary/aromatic N) is 2. The number of nitrogens with one attached hydrogen (secondary N) is 3. The highest BCUT2D eigenvalue weighted by atomic mass is 16.3. The third kappa shape index (κ3) is 12.0. The van der Waals surface area contributed by atoms with Crippen molar-refractivity contribution in [1.82, 2.24) is 25.5 Å². The van der Waals surface area contributed by atoms with Gasteiger partial charge in [0.2, 0.25) is 17.7 Å². The van der Waals surface area contributed by atoms with Crippen molar-refractivity contribution in [3.05, 3.63) is 66.8 Å². The lowest BCUT2D eigenvalue weighted by atomic mass is 9.81. The van der Waals surface area contributed by atoms with E-state index < -0.39 is 35.9 Å². The summed E-state index contributed by atoms with van der Waals surface area (Å²) in [6.07, 6.45) is 11.5.